The van der Waals surface area contributed by atoms with E-state index in [2.05, 4.69) is 10.0 Å². The van der Waals surface area contributed by atoms with Crippen molar-refractivity contribution in [3.63, 3.8) is 0 Å². The molecule has 2 aromatic rings. The molecular formula is C16H10F5N3O2. The monoisotopic (exact) mass is 371 g/mol. The number of azide groups is 1. The molecule has 0 aromatic heterocycles. The van der Waals surface area contributed by atoms with E-state index in [0.29, 0.717) is 23.8 Å². The second kappa shape index (κ2) is 7.40. The van der Waals surface area contributed by atoms with Gasteiger partial charge in [0.05, 0.1) is 11.3 Å². The van der Waals surface area contributed by atoms with E-state index < -0.39 is 34.9 Å². The minimum Gasteiger partial charge on any atom is -0.457 e. The molecule has 10 heteroatoms. The molecule has 0 amide bonds. The normalized spacial score (nSPS) is 11.6. The molecule has 0 aliphatic carbocycles. The van der Waals surface area contributed by atoms with E-state index in [9.17, 15) is 26.7 Å². The Balaban J connectivity index is 2.31. The van der Waals surface area contributed by atoms with Crippen molar-refractivity contribution in [2.45, 2.75) is 18.7 Å². The molecule has 0 bridgehead atoms. The minimum atomic E-state index is -5.84. The lowest BCUT2D eigenvalue weighted by Gasteiger charge is -2.20. The summed E-state index contributed by atoms with van der Waals surface area (Å²) in [6, 6.07) is 9.90. The first kappa shape index (κ1) is 19.2. The van der Waals surface area contributed by atoms with Crippen LogP contribution in [0.25, 0.3) is 10.4 Å². The van der Waals surface area contributed by atoms with Gasteiger partial charge in [-0.05, 0) is 23.2 Å². The van der Waals surface area contributed by atoms with Crippen molar-refractivity contribution in [1.82, 2.24) is 0 Å². The lowest BCUT2D eigenvalue weighted by molar-refractivity contribution is -0.289. The maximum Gasteiger partial charge on any atom is 0.458 e. The van der Waals surface area contributed by atoms with Crippen LogP contribution in [0.5, 0.6) is 0 Å². The fraction of sp³-hybridized carbons (Fsp3) is 0.188. The Bertz CT molecular complexity index is 847. The van der Waals surface area contributed by atoms with Crippen LogP contribution in [-0.2, 0) is 17.3 Å². The number of ether oxygens (including phenoxy) is 1. The lowest BCUT2D eigenvalue weighted by atomic mass is 10.0. The Morgan fingerprint density at radius 1 is 1.08 bits per heavy atom. The average Bonchev–Trinajstić information content (AvgIpc) is 2.60. The first-order valence-corrected chi connectivity index (χ1v) is 7.02. The molecule has 0 spiro atoms. The van der Waals surface area contributed by atoms with Crippen molar-refractivity contribution in [3.05, 3.63) is 75.7 Å². The summed E-state index contributed by atoms with van der Waals surface area (Å²) in [6.07, 6.45) is -5.84. The van der Waals surface area contributed by atoms with Crippen molar-refractivity contribution >= 4 is 11.7 Å². The third-order valence-electron chi connectivity index (χ3n) is 3.30. The largest absolute Gasteiger partial charge is 0.458 e. The van der Waals surface area contributed by atoms with Gasteiger partial charge in [0, 0.05) is 10.5 Å². The third kappa shape index (κ3) is 4.09. The molecule has 136 valence electrons. The third-order valence-corrected chi connectivity index (χ3v) is 3.30. The molecule has 0 radical (unpaired) electrons. The Labute approximate surface area is 143 Å². The SMILES string of the molecule is [N-]=[N+]=Nc1cc(C(F)(F)C(F)(F)F)ccc1C(=O)OCc1ccccc1. The van der Waals surface area contributed by atoms with E-state index in [1.807, 2.05) is 0 Å². The smallest absolute Gasteiger partial charge is 0.457 e. The highest BCUT2D eigenvalue weighted by Crippen LogP contribution is 2.45. The minimum absolute atomic E-state index is 0.157. The van der Waals surface area contributed by atoms with Crippen LogP contribution in [-0.4, -0.2) is 12.1 Å². The fourth-order valence-electron chi connectivity index (χ4n) is 2.00. The van der Waals surface area contributed by atoms with Gasteiger partial charge in [0.1, 0.15) is 6.61 Å². The first-order valence-electron chi connectivity index (χ1n) is 7.02. The number of rotatable bonds is 5. The maximum absolute atomic E-state index is 13.4. The van der Waals surface area contributed by atoms with Gasteiger partial charge >= 0.3 is 18.1 Å². The predicted octanol–water partition coefficient (Wildman–Crippen LogP) is 5.64. The standard InChI is InChI=1S/C16H10F5N3O2/c17-15(18,16(19,20)21)11-6-7-12(13(8-11)23-24-22)14(25)26-9-10-4-2-1-3-5-10/h1-8H,9H2. The first-order chi connectivity index (χ1) is 12.2. The lowest BCUT2D eigenvalue weighted by Crippen LogP contribution is -2.33. The van der Waals surface area contributed by atoms with Crippen LogP contribution < -0.4 is 0 Å². The molecule has 2 rings (SSSR count). The van der Waals surface area contributed by atoms with Gasteiger partial charge in [-0.2, -0.15) is 22.0 Å². The second-order valence-electron chi connectivity index (χ2n) is 5.06. The van der Waals surface area contributed by atoms with Crippen LogP contribution in [0.1, 0.15) is 21.5 Å². The number of halogens is 5. The summed E-state index contributed by atoms with van der Waals surface area (Å²) in [5, 5.41) is 3.02. The maximum atomic E-state index is 13.4. The topological polar surface area (TPSA) is 75.1 Å². The molecule has 0 heterocycles. The molecule has 5 nitrogen and oxygen atoms in total. The van der Waals surface area contributed by atoms with Gasteiger partial charge in [0.25, 0.3) is 0 Å². The predicted molar refractivity (Wildman–Crippen MR) is 80.8 cm³/mol. The van der Waals surface area contributed by atoms with Crippen LogP contribution in [0.15, 0.2) is 53.6 Å². The number of alkyl halides is 5. The Morgan fingerprint density at radius 2 is 1.73 bits per heavy atom. The fourth-order valence-corrected chi connectivity index (χ4v) is 2.00. The van der Waals surface area contributed by atoms with Crippen LogP contribution in [0.2, 0.25) is 0 Å². The average molecular weight is 371 g/mol. The van der Waals surface area contributed by atoms with Crippen molar-refractivity contribution < 1.29 is 31.5 Å². The summed E-state index contributed by atoms with van der Waals surface area (Å²) in [5.74, 6) is -6.20. The summed E-state index contributed by atoms with van der Waals surface area (Å²) >= 11 is 0. The number of carbonyl (C=O) groups excluding carboxylic acids is 1. The van der Waals surface area contributed by atoms with Crippen LogP contribution in [0.4, 0.5) is 27.6 Å². The van der Waals surface area contributed by atoms with E-state index in [0.717, 1.165) is 0 Å². The molecule has 0 unspecified atom stereocenters. The van der Waals surface area contributed by atoms with Gasteiger partial charge in [-0.25, -0.2) is 4.79 Å². The van der Waals surface area contributed by atoms with Crippen LogP contribution in [0, 0.1) is 0 Å². The Morgan fingerprint density at radius 3 is 2.31 bits per heavy atom. The number of nitrogens with zero attached hydrogens (tertiary/aromatic N) is 3. The molecule has 0 atom stereocenters. The van der Waals surface area contributed by atoms with E-state index in [-0.39, 0.29) is 6.61 Å². The number of carbonyl (C=O) groups is 1. The highest BCUT2D eigenvalue weighted by molar-refractivity contribution is 5.95. The molecule has 2 aromatic carbocycles. The van der Waals surface area contributed by atoms with Gasteiger partial charge < -0.3 is 4.74 Å². The van der Waals surface area contributed by atoms with Crippen molar-refractivity contribution in [2.75, 3.05) is 0 Å². The summed E-state index contributed by atoms with van der Waals surface area (Å²) in [4.78, 5) is 14.4. The number of esters is 1. The van der Waals surface area contributed by atoms with Crippen molar-refractivity contribution in [1.29, 1.82) is 0 Å². The quantitative estimate of drug-likeness (QED) is 0.224. The molecule has 0 aliphatic heterocycles. The highest BCUT2D eigenvalue weighted by atomic mass is 19.4. The van der Waals surface area contributed by atoms with E-state index in [4.69, 9.17) is 10.3 Å². The molecular weight excluding hydrogens is 361 g/mol. The van der Waals surface area contributed by atoms with Crippen LogP contribution in [0.3, 0.4) is 0 Å². The van der Waals surface area contributed by atoms with Gasteiger partial charge in [0.2, 0.25) is 0 Å². The van der Waals surface area contributed by atoms with Gasteiger partial charge in [-0.15, -0.1) is 0 Å². The van der Waals surface area contributed by atoms with Crippen LogP contribution >= 0.6 is 0 Å². The zero-order valence-corrected chi connectivity index (χ0v) is 12.9. The van der Waals surface area contributed by atoms with Crippen molar-refractivity contribution in [2.24, 2.45) is 5.11 Å². The summed E-state index contributed by atoms with van der Waals surface area (Å²) < 4.78 is 69.2. The summed E-state index contributed by atoms with van der Waals surface area (Å²) in [5.41, 5.74) is 6.54. The zero-order valence-electron chi connectivity index (χ0n) is 12.9. The molecule has 0 saturated heterocycles. The number of hydrogen-bond donors (Lipinski definition) is 0. The van der Waals surface area contributed by atoms with E-state index >= 15 is 0 Å². The van der Waals surface area contributed by atoms with Gasteiger partial charge in [-0.3, -0.25) is 0 Å². The molecule has 0 aliphatic rings. The highest BCUT2D eigenvalue weighted by Gasteiger charge is 2.58. The number of benzene rings is 2. The zero-order chi connectivity index (χ0) is 19.4. The Hall–Kier alpha value is -3.13. The molecule has 26 heavy (non-hydrogen) atoms. The second-order valence-corrected chi connectivity index (χ2v) is 5.06. The van der Waals surface area contributed by atoms with E-state index in [1.54, 1.807) is 30.3 Å². The van der Waals surface area contributed by atoms with Gasteiger partial charge in [-0.1, -0.05) is 41.5 Å². The molecule has 0 fully saturated rings. The van der Waals surface area contributed by atoms with Crippen molar-refractivity contribution in [3.8, 4) is 0 Å². The van der Waals surface area contributed by atoms with Gasteiger partial charge in [0.15, 0.2) is 0 Å². The molecule has 0 N–H and O–H groups in total. The molecule has 0 saturated carbocycles. The summed E-state index contributed by atoms with van der Waals surface area (Å²) in [6.45, 7) is -0.157. The Kier molecular flexibility index (Phi) is 5.47. The number of hydrogen-bond acceptors (Lipinski definition) is 3. The van der Waals surface area contributed by atoms with E-state index in [1.165, 1.54) is 0 Å². The summed E-state index contributed by atoms with van der Waals surface area (Å²) in [7, 11) is 0.